The minimum Gasteiger partial charge on any atom is -0.276 e. The molecule has 18 heavy (non-hydrogen) atoms. The number of hydrogen-bond donors (Lipinski definition) is 0. The maximum atomic E-state index is 12.7. The fourth-order valence-corrected chi connectivity index (χ4v) is 2.23. The van der Waals surface area contributed by atoms with E-state index in [0.717, 1.165) is 28.7 Å². The smallest absolute Gasteiger partial charge is 0.276 e. The summed E-state index contributed by atoms with van der Waals surface area (Å²) in [6.45, 7) is 0. The summed E-state index contributed by atoms with van der Waals surface area (Å²) < 4.78 is 75.2. The number of benzene rings is 1. The van der Waals surface area contributed by atoms with Crippen LogP contribution >= 0.6 is 34.2 Å². The molecule has 1 rings (SSSR count). The molecule has 0 N–H and O–H groups in total. The van der Waals surface area contributed by atoms with Gasteiger partial charge >= 0.3 is 12.4 Å². The summed E-state index contributed by atoms with van der Waals surface area (Å²) in [5, 5.41) is -1.59. The Morgan fingerprint density at radius 3 is 1.78 bits per heavy atom. The average Bonchev–Trinajstić information content (AvgIpc) is 2.13. The van der Waals surface area contributed by atoms with Crippen LogP contribution < -0.4 is 0 Å². The Bertz CT molecular complexity index is 493. The second kappa shape index (κ2) is 4.87. The second-order valence-corrected chi connectivity index (χ2v) is 4.62. The van der Waals surface area contributed by atoms with Crippen molar-refractivity contribution in [2.75, 3.05) is 0 Å². The Hall–Kier alpha value is -0.510. The Labute approximate surface area is 115 Å². The number of carbonyl (C=O) groups is 1. The van der Waals surface area contributed by atoms with Gasteiger partial charge in [0.2, 0.25) is 0 Å². The van der Waals surface area contributed by atoms with Crippen LogP contribution in [0.15, 0.2) is 12.1 Å². The highest BCUT2D eigenvalue weighted by molar-refractivity contribution is 14.1. The molecule has 9 heteroatoms. The minimum atomic E-state index is -5.33. The van der Waals surface area contributed by atoms with E-state index in [2.05, 4.69) is 0 Å². The first-order valence-electron chi connectivity index (χ1n) is 4.13. The molecule has 0 aliphatic carbocycles. The molecular weight excluding hydrogens is 400 g/mol. The van der Waals surface area contributed by atoms with Crippen LogP contribution in [-0.4, -0.2) is 5.24 Å². The van der Waals surface area contributed by atoms with Crippen LogP contribution in [0, 0.1) is 3.57 Å². The number of alkyl halides is 6. The molecule has 0 unspecified atom stereocenters. The molecule has 0 amide bonds. The highest BCUT2D eigenvalue weighted by atomic mass is 127. The summed E-state index contributed by atoms with van der Waals surface area (Å²) in [5.74, 6) is 0. The Kier molecular flexibility index (Phi) is 4.21. The standard InChI is InChI=1S/C9H2ClF6IO/c10-7(18)3-1-2-4(17)6(9(14,15)16)5(3)8(11,12)13/h1-2H. The van der Waals surface area contributed by atoms with Crippen molar-refractivity contribution in [3.05, 3.63) is 32.4 Å². The van der Waals surface area contributed by atoms with Gasteiger partial charge in [-0.15, -0.1) is 0 Å². The van der Waals surface area contributed by atoms with Gasteiger partial charge in [-0.2, -0.15) is 26.3 Å². The summed E-state index contributed by atoms with van der Waals surface area (Å²) in [7, 11) is 0. The zero-order valence-electron chi connectivity index (χ0n) is 8.09. The molecule has 1 aromatic rings. The lowest BCUT2D eigenvalue weighted by Gasteiger charge is -2.19. The maximum absolute atomic E-state index is 12.7. The summed E-state index contributed by atoms with van der Waals surface area (Å²) in [5.41, 5.74) is -5.17. The normalized spacial score (nSPS) is 12.7. The fourth-order valence-electron chi connectivity index (χ4n) is 1.31. The molecule has 0 aromatic heterocycles. The van der Waals surface area contributed by atoms with E-state index >= 15 is 0 Å². The predicted molar refractivity (Wildman–Crippen MR) is 59.3 cm³/mol. The third-order valence-electron chi connectivity index (χ3n) is 1.93. The van der Waals surface area contributed by atoms with Gasteiger partial charge in [-0.25, -0.2) is 0 Å². The van der Waals surface area contributed by atoms with Crippen LogP contribution in [0.2, 0.25) is 0 Å². The molecule has 0 fully saturated rings. The number of halogens is 8. The monoisotopic (exact) mass is 402 g/mol. The van der Waals surface area contributed by atoms with Crippen molar-refractivity contribution in [3.63, 3.8) is 0 Å². The van der Waals surface area contributed by atoms with Crippen LogP contribution in [0.25, 0.3) is 0 Å². The van der Waals surface area contributed by atoms with Gasteiger partial charge in [0, 0.05) is 9.13 Å². The highest BCUT2D eigenvalue weighted by Gasteiger charge is 2.47. The van der Waals surface area contributed by atoms with E-state index in [1.54, 1.807) is 0 Å². The van der Waals surface area contributed by atoms with Gasteiger partial charge in [0.05, 0.1) is 11.1 Å². The van der Waals surface area contributed by atoms with E-state index in [-0.39, 0.29) is 0 Å². The van der Waals surface area contributed by atoms with E-state index < -0.39 is 37.9 Å². The molecule has 0 bridgehead atoms. The molecule has 1 nitrogen and oxygen atoms in total. The fraction of sp³-hybridized carbons (Fsp3) is 0.222. The molecular formula is C9H2ClF6IO. The van der Waals surface area contributed by atoms with E-state index in [4.69, 9.17) is 11.6 Å². The molecule has 0 radical (unpaired) electrons. The minimum absolute atomic E-state index is 0.620. The molecule has 1 aromatic carbocycles. The summed E-state index contributed by atoms with van der Waals surface area (Å²) >= 11 is 6.00. The molecule has 0 saturated heterocycles. The third kappa shape index (κ3) is 3.08. The maximum Gasteiger partial charge on any atom is 0.418 e. The summed E-state index contributed by atoms with van der Waals surface area (Å²) in [6.07, 6.45) is -10.6. The van der Waals surface area contributed by atoms with Crippen molar-refractivity contribution in [3.8, 4) is 0 Å². The number of hydrogen-bond acceptors (Lipinski definition) is 1. The Morgan fingerprint density at radius 1 is 1.00 bits per heavy atom. The van der Waals surface area contributed by atoms with E-state index in [1.165, 1.54) is 0 Å². The van der Waals surface area contributed by atoms with Crippen molar-refractivity contribution >= 4 is 39.4 Å². The van der Waals surface area contributed by atoms with Crippen LogP contribution in [-0.2, 0) is 12.4 Å². The first-order chi connectivity index (χ1) is 7.96. The topological polar surface area (TPSA) is 17.1 Å². The van der Waals surface area contributed by atoms with Gasteiger partial charge < -0.3 is 0 Å². The van der Waals surface area contributed by atoms with Gasteiger partial charge in [-0.3, -0.25) is 4.79 Å². The van der Waals surface area contributed by atoms with E-state index in [9.17, 15) is 31.1 Å². The van der Waals surface area contributed by atoms with Crippen molar-refractivity contribution in [2.45, 2.75) is 12.4 Å². The van der Waals surface area contributed by atoms with Crippen molar-refractivity contribution in [1.29, 1.82) is 0 Å². The molecule has 0 atom stereocenters. The highest BCUT2D eigenvalue weighted by Crippen LogP contribution is 2.44. The quantitative estimate of drug-likeness (QED) is 0.378. The van der Waals surface area contributed by atoms with Crippen molar-refractivity contribution in [2.24, 2.45) is 0 Å². The second-order valence-electron chi connectivity index (χ2n) is 3.11. The van der Waals surface area contributed by atoms with Crippen LogP contribution in [0.3, 0.4) is 0 Å². The summed E-state index contributed by atoms with van der Waals surface area (Å²) in [4.78, 5) is 10.8. The van der Waals surface area contributed by atoms with Gasteiger partial charge in [-0.05, 0) is 46.3 Å². The first kappa shape index (κ1) is 15.5. The van der Waals surface area contributed by atoms with Crippen LogP contribution in [0.1, 0.15) is 21.5 Å². The number of rotatable bonds is 1. The van der Waals surface area contributed by atoms with Gasteiger partial charge in [-0.1, -0.05) is 0 Å². The van der Waals surface area contributed by atoms with E-state index in [1.807, 2.05) is 0 Å². The average molecular weight is 402 g/mol. The molecule has 0 aliphatic rings. The predicted octanol–water partition coefficient (Wildman–Crippen LogP) is 4.71. The van der Waals surface area contributed by atoms with Crippen molar-refractivity contribution < 1.29 is 31.1 Å². The van der Waals surface area contributed by atoms with Crippen LogP contribution in [0.4, 0.5) is 26.3 Å². The first-order valence-corrected chi connectivity index (χ1v) is 5.58. The Morgan fingerprint density at radius 2 is 1.44 bits per heavy atom. The molecule has 0 heterocycles. The molecule has 0 aliphatic heterocycles. The van der Waals surface area contributed by atoms with E-state index in [0.29, 0.717) is 6.07 Å². The van der Waals surface area contributed by atoms with Crippen molar-refractivity contribution in [1.82, 2.24) is 0 Å². The van der Waals surface area contributed by atoms with Crippen LogP contribution in [0.5, 0.6) is 0 Å². The number of carbonyl (C=O) groups excluding carboxylic acids is 1. The SMILES string of the molecule is O=C(Cl)c1ccc(I)c(C(F)(F)F)c1C(F)(F)F. The zero-order valence-corrected chi connectivity index (χ0v) is 11.0. The largest absolute Gasteiger partial charge is 0.418 e. The summed E-state index contributed by atoms with van der Waals surface area (Å²) in [6, 6.07) is 1.38. The molecule has 0 spiro atoms. The zero-order chi connectivity index (χ0) is 14.3. The lowest BCUT2D eigenvalue weighted by atomic mass is 10.0. The molecule has 100 valence electrons. The van der Waals surface area contributed by atoms with Gasteiger partial charge in [0.1, 0.15) is 0 Å². The van der Waals surface area contributed by atoms with Gasteiger partial charge in [0.15, 0.2) is 0 Å². The Balaban J connectivity index is 3.79. The lowest BCUT2D eigenvalue weighted by Crippen LogP contribution is -2.21. The third-order valence-corrected chi connectivity index (χ3v) is 3.04. The molecule has 0 saturated carbocycles. The van der Waals surface area contributed by atoms with Gasteiger partial charge in [0.25, 0.3) is 5.24 Å². The lowest BCUT2D eigenvalue weighted by molar-refractivity contribution is -0.162.